The summed E-state index contributed by atoms with van der Waals surface area (Å²) in [7, 11) is 0. The van der Waals surface area contributed by atoms with Crippen molar-refractivity contribution in [1.82, 2.24) is 4.98 Å². The Kier molecular flexibility index (Phi) is 4.19. The Morgan fingerprint density at radius 2 is 2.19 bits per heavy atom. The van der Waals surface area contributed by atoms with Gasteiger partial charge in [-0.25, -0.2) is 0 Å². The van der Waals surface area contributed by atoms with E-state index in [-0.39, 0.29) is 24.2 Å². The highest BCUT2D eigenvalue weighted by atomic mass is 16.3. The van der Waals surface area contributed by atoms with Crippen LogP contribution in [0.4, 0.5) is 0 Å². The number of aliphatic hydroxyl groups excluding tert-OH is 3. The third kappa shape index (κ3) is 2.67. The standard InChI is InChI=1S/C10H12N2O4/c11-4-6-3-7(5-12-10(6)16)9(15)8(14)1-2-13/h3,5,8-9,13-15H,1-2H2,(H,12,16). The van der Waals surface area contributed by atoms with Gasteiger partial charge in [0.2, 0.25) is 0 Å². The summed E-state index contributed by atoms with van der Waals surface area (Å²) in [5.41, 5.74) is -0.444. The summed E-state index contributed by atoms with van der Waals surface area (Å²) in [4.78, 5) is 13.3. The van der Waals surface area contributed by atoms with E-state index < -0.39 is 17.8 Å². The van der Waals surface area contributed by atoms with Gasteiger partial charge in [0, 0.05) is 18.4 Å². The Hall–Kier alpha value is -1.68. The molecule has 4 N–H and O–H groups in total. The maximum Gasteiger partial charge on any atom is 0.265 e. The van der Waals surface area contributed by atoms with Crippen LogP contribution in [0.1, 0.15) is 23.7 Å². The molecule has 0 fully saturated rings. The molecule has 1 rings (SSSR count). The number of pyridine rings is 1. The summed E-state index contributed by atoms with van der Waals surface area (Å²) in [6, 6.07) is 2.89. The first-order valence-electron chi connectivity index (χ1n) is 4.70. The van der Waals surface area contributed by atoms with Crippen molar-refractivity contribution in [3.8, 4) is 6.07 Å². The number of H-pyrrole nitrogens is 1. The van der Waals surface area contributed by atoms with E-state index in [4.69, 9.17) is 10.4 Å². The van der Waals surface area contributed by atoms with Gasteiger partial charge in [0.15, 0.2) is 0 Å². The maximum absolute atomic E-state index is 11.1. The van der Waals surface area contributed by atoms with Crippen molar-refractivity contribution < 1.29 is 15.3 Å². The van der Waals surface area contributed by atoms with Gasteiger partial charge in [-0.1, -0.05) is 0 Å². The van der Waals surface area contributed by atoms with Gasteiger partial charge in [0.25, 0.3) is 5.56 Å². The van der Waals surface area contributed by atoms with E-state index in [1.54, 1.807) is 6.07 Å². The number of nitrogens with zero attached hydrogens (tertiary/aromatic N) is 1. The van der Waals surface area contributed by atoms with Crippen LogP contribution in [-0.2, 0) is 0 Å². The second-order valence-electron chi connectivity index (χ2n) is 3.31. The van der Waals surface area contributed by atoms with E-state index in [0.717, 1.165) is 0 Å². The molecule has 0 aliphatic heterocycles. The van der Waals surface area contributed by atoms with Gasteiger partial charge in [-0.3, -0.25) is 4.79 Å². The molecular formula is C10H12N2O4. The third-order valence-electron chi connectivity index (χ3n) is 2.18. The zero-order valence-electron chi connectivity index (χ0n) is 8.42. The van der Waals surface area contributed by atoms with E-state index in [0.29, 0.717) is 0 Å². The maximum atomic E-state index is 11.1. The number of rotatable bonds is 4. The van der Waals surface area contributed by atoms with E-state index >= 15 is 0 Å². The summed E-state index contributed by atoms with van der Waals surface area (Å²) < 4.78 is 0. The van der Waals surface area contributed by atoms with Crippen LogP contribution in [0.3, 0.4) is 0 Å². The van der Waals surface area contributed by atoms with Crippen LogP contribution in [0.2, 0.25) is 0 Å². The van der Waals surface area contributed by atoms with Crippen molar-refractivity contribution >= 4 is 0 Å². The van der Waals surface area contributed by atoms with E-state index in [2.05, 4.69) is 4.98 Å². The van der Waals surface area contributed by atoms with Crippen LogP contribution in [-0.4, -0.2) is 33.0 Å². The summed E-state index contributed by atoms with van der Waals surface area (Å²) in [6.07, 6.45) is -1.13. The normalized spacial score (nSPS) is 14.1. The highest BCUT2D eigenvalue weighted by Crippen LogP contribution is 2.17. The predicted octanol–water partition coefficient (Wildman–Crippen LogP) is -0.977. The van der Waals surface area contributed by atoms with Crippen molar-refractivity contribution in [2.24, 2.45) is 0 Å². The molecule has 2 unspecified atom stereocenters. The lowest BCUT2D eigenvalue weighted by Gasteiger charge is -2.16. The molecule has 0 amide bonds. The van der Waals surface area contributed by atoms with Crippen LogP contribution >= 0.6 is 0 Å². The minimum Gasteiger partial charge on any atom is -0.396 e. The second kappa shape index (κ2) is 5.42. The summed E-state index contributed by atoms with van der Waals surface area (Å²) in [5.74, 6) is 0. The molecular weight excluding hydrogens is 212 g/mol. The van der Waals surface area contributed by atoms with Gasteiger partial charge in [0.1, 0.15) is 17.7 Å². The van der Waals surface area contributed by atoms with Crippen LogP contribution in [0.5, 0.6) is 0 Å². The fourth-order valence-corrected chi connectivity index (χ4v) is 1.27. The molecule has 86 valence electrons. The average Bonchev–Trinajstić information content (AvgIpc) is 2.29. The molecule has 0 saturated carbocycles. The average molecular weight is 224 g/mol. The van der Waals surface area contributed by atoms with Gasteiger partial charge < -0.3 is 20.3 Å². The Labute approximate surface area is 91.4 Å². The van der Waals surface area contributed by atoms with Crippen LogP contribution in [0.15, 0.2) is 17.1 Å². The number of hydrogen-bond acceptors (Lipinski definition) is 5. The van der Waals surface area contributed by atoms with Gasteiger partial charge in [-0.05, 0) is 12.5 Å². The molecule has 0 aliphatic carbocycles. The fourth-order valence-electron chi connectivity index (χ4n) is 1.27. The minimum atomic E-state index is -1.24. The Morgan fingerprint density at radius 1 is 1.50 bits per heavy atom. The van der Waals surface area contributed by atoms with E-state index in [1.165, 1.54) is 12.3 Å². The first-order valence-corrected chi connectivity index (χ1v) is 4.70. The van der Waals surface area contributed by atoms with E-state index in [9.17, 15) is 15.0 Å². The van der Waals surface area contributed by atoms with Gasteiger partial charge in [0.05, 0.1) is 6.10 Å². The Bertz CT molecular complexity index is 449. The molecule has 0 aliphatic rings. The van der Waals surface area contributed by atoms with Gasteiger partial charge >= 0.3 is 0 Å². The quantitative estimate of drug-likeness (QED) is 0.524. The zero-order chi connectivity index (χ0) is 12.1. The highest BCUT2D eigenvalue weighted by Gasteiger charge is 2.18. The first-order chi connectivity index (χ1) is 7.60. The van der Waals surface area contributed by atoms with Crippen molar-refractivity contribution in [2.45, 2.75) is 18.6 Å². The summed E-state index contributed by atoms with van der Waals surface area (Å²) >= 11 is 0. The number of aliphatic hydroxyl groups is 3. The monoisotopic (exact) mass is 224 g/mol. The zero-order valence-corrected chi connectivity index (χ0v) is 8.42. The molecule has 16 heavy (non-hydrogen) atoms. The Morgan fingerprint density at radius 3 is 2.75 bits per heavy atom. The lowest BCUT2D eigenvalue weighted by molar-refractivity contribution is 0.00401. The predicted molar refractivity (Wildman–Crippen MR) is 54.4 cm³/mol. The molecule has 0 spiro atoms. The number of aromatic nitrogens is 1. The van der Waals surface area contributed by atoms with Gasteiger partial charge in [-0.15, -0.1) is 0 Å². The van der Waals surface area contributed by atoms with Crippen LogP contribution < -0.4 is 5.56 Å². The lowest BCUT2D eigenvalue weighted by atomic mass is 10.0. The summed E-state index contributed by atoms with van der Waals surface area (Å²) in [5, 5.41) is 36.3. The molecule has 0 aromatic carbocycles. The minimum absolute atomic E-state index is 0.0161. The van der Waals surface area contributed by atoms with Crippen molar-refractivity contribution in [1.29, 1.82) is 5.26 Å². The molecule has 1 aromatic heterocycles. The topological polar surface area (TPSA) is 117 Å². The first kappa shape index (κ1) is 12.4. The number of nitriles is 1. The Balaban J connectivity index is 2.97. The lowest BCUT2D eigenvalue weighted by Crippen LogP contribution is -2.21. The van der Waals surface area contributed by atoms with Crippen molar-refractivity contribution in [3.63, 3.8) is 0 Å². The molecule has 0 saturated heterocycles. The number of aromatic amines is 1. The van der Waals surface area contributed by atoms with Crippen LogP contribution in [0.25, 0.3) is 0 Å². The molecule has 0 bridgehead atoms. The molecule has 1 aromatic rings. The molecule has 6 nitrogen and oxygen atoms in total. The highest BCUT2D eigenvalue weighted by molar-refractivity contribution is 5.30. The third-order valence-corrected chi connectivity index (χ3v) is 2.18. The van der Waals surface area contributed by atoms with Crippen molar-refractivity contribution in [2.75, 3.05) is 6.61 Å². The fraction of sp³-hybridized carbons (Fsp3) is 0.400. The number of nitrogens with one attached hydrogen (secondary N) is 1. The van der Waals surface area contributed by atoms with E-state index in [1.807, 2.05) is 0 Å². The molecule has 0 radical (unpaired) electrons. The SMILES string of the molecule is N#Cc1cc(C(O)C(O)CCO)c[nH]c1=O. The smallest absolute Gasteiger partial charge is 0.265 e. The largest absolute Gasteiger partial charge is 0.396 e. The van der Waals surface area contributed by atoms with Crippen LogP contribution in [0, 0.1) is 11.3 Å². The second-order valence-corrected chi connectivity index (χ2v) is 3.31. The molecule has 1 heterocycles. The molecule has 6 heteroatoms. The number of hydrogen-bond donors (Lipinski definition) is 4. The summed E-state index contributed by atoms with van der Waals surface area (Å²) in [6.45, 7) is -0.257. The van der Waals surface area contributed by atoms with Crippen molar-refractivity contribution in [3.05, 3.63) is 33.7 Å². The van der Waals surface area contributed by atoms with Gasteiger partial charge in [-0.2, -0.15) is 5.26 Å². The molecule has 2 atom stereocenters.